The Morgan fingerprint density at radius 3 is 2.69 bits per heavy atom. The number of fused-ring (bicyclic) bond motifs is 1. The molecule has 1 aliphatic heterocycles. The topological polar surface area (TPSA) is 74.3 Å². The normalized spacial score (nSPS) is 13.0. The molecule has 0 aliphatic carbocycles. The molecule has 0 spiro atoms. The van der Waals surface area contributed by atoms with Crippen molar-refractivity contribution < 1.29 is 14.0 Å². The SMILES string of the molecule is Cc1ccc(NC(=O)Nc2cccc3c2CCN(C(=O)/C=C/c2cncc(F)c2)C3)cc1. The fraction of sp³-hybridized carbons (Fsp3) is 0.160. The predicted octanol–water partition coefficient (Wildman–Crippen LogP) is 4.77. The molecule has 1 aromatic heterocycles. The summed E-state index contributed by atoms with van der Waals surface area (Å²) < 4.78 is 13.3. The fourth-order valence-electron chi connectivity index (χ4n) is 3.63. The van der Waals surface area contributed by atoms with Gasteiger partial charge >= 0.3 is 6.03 Å². The first-order valence-electron chi connectivity index (χ1n) is 10.3. The van der Waals surface area contributed by atoms with E-state index in [2.05, 4.69) is 15.6 Å². The van der Waals surface area contributed by atoms with Crippen LogP contribution >= 0.6 is 0 Å². The maximum Gasteiger partial charge on any atom is 0.323 e. The highest BCUT2D eigenvalue weighted by atomic mass is 19.1. The fourth-order valence-corrected chi connectivity index (χ4v) is 3.63. The summed E-state index contributed by atoms with van der Waals surface area (Å²) in [6.45, 7) is 2.95. The summed E-state index contributed by atoms with van der Waals surface area (Å²) in [6.07, 6.45) is 6.22. The van der Waals surface area contributed by atoms with E-state index < -0.39 is 5.82 Å². The van der Waals surface area contributed by atoms with Gasteiger partial charge in [-0.05, 0) is 60.4 Å². The Labute approximate surface area is 185 Å². The van der Waals surface area contributed by atoms with E-state index in [1.54, 1.807) is 11.0 Å². The number of rotatable bonds is 4. The van der Waals surface area contributed by atoms with Gasteiger partial charge in [0.05, 0.1) is 6.20 Å². The van der Waals surface area contributed by atoms with Crippen LogP contribution in [0.2, 0.25) is 0 Å². The van der Waals surface area contributed by atoms with E-state index in [0.29, 0.717) is 25.1 Å². The Kier molecular flexibility index (Phi) is 6.26. The summed E-state index contributed by atoms with van der Waals surface area (Å²) in [6, 6.07) is 14.3. The van der Waals surface area contributed by atoms with Crippen molar-refractivity contribution in [1.82, 2.24) is 9.88 Å². The molecule has 2 heterocycles. The minimum absolute atomic E-state index is 0.157. The Balaban J connectivity index is 1.41. The molecule has 3 aromatic rings. The van der Waals surface area contributed by atoms with E-state index in [1.165, 1.54) is 18.3 Å². The zero-order chi connectivity index (χ0) is 22.5. The maximum atomic E-state index is 13.3. The van der Waals surface area contributed by atoms with E-state index in [0.717, 1.165) is 34.3 Å². The molecule has 7 heteroatoms. The molecule has 3 amide bonds. The van der Waals surface area contributed by atoms with Crippen molar-refractivity contribution in [3.8, 4) is 0 Å². The van der Waals surface area contributed by atoms with Crippen LogP contribution in [0.25, 0.3) is 6.08 Å². The summed E-state index contributed by atoms with van der Waals surface area (Å²) >= 11 is 0. The molecule has 162 valence electrons. The Morgan fingerprint density at radius 1 is 1.09 bits per heavy atom. The van der Waals surface area contributed by atoms with Gasteiger partial charge < -0.3 is 15.5 Å². The van der Waals surface area contributed by atoms with Crippen molar-refractivity contribution >= 4 is 29.4 Å². The number of urea groups is 1. The number of aromatic nitrogens is 1. The van der Waals surface area contributed by atoms with Crippen molar-refractivity contribution in [3.05, 3.63) is 95.1 Å². The number of amides is 3. The molecule has 6 nitrogen and oxygen atoms in total. The highest BCUT2D eigenvalue weighted by Crippen LogP contribution is 2.27. The minimum atomic E-state index is -0.446. The van der Waals surface area contributed by atoms with Crippen molar-refractivity contribution in [3.63, 3.8) is 0 Å². The molecule has 32 heavy (non-hydrogen) atoms. The first-order valence-corrected chi connectivity index (χ1v) is 10.3. The van der Waals surface area contributed by atoms with Crippen LogP contribution in [0, 0.1) is 12.7 Å². The molecule has 0 saturated heterocycles. The van der Waals surface area contributed by atoms with Gasteiger partial charge in [-0.25, -0.2) is 9.18 Å². The highest BCUT2D eigenvalue weighted by Gasteiger charge is 2.21. The van der Waals surface area contributed by atoms with Crippen molar-refractivity contribution in [2.45, 2.75) is 19.9 Å². The van der Waals surface area contributed by atoms with Gasteiger partial charge in [-0.3, -0.25) is 9.78 Å². The number of benzene rings is 2. The molecule has 0 radical (unpaired) electrons. The molecule has 0 saturated carbocycles. The number of hydrogen-bond donors (Lipinski definition) is 2. The van der Waals surface area contributed by atoms with Gasteiger partial charge in [0.2, 0.25) is 5.91 Å². The molecular weight excluding hydrogens is 407 g/mol. The Hall–Kier alpha value is -4.00. The van der Waals surface area contributed by atoms with E-state index in [-0.39, 0.29) is 11.9 Å². The van der Waals surface area contributed by atoms with Crippen molar-refractivity contribution in [1.29, 1.82) is 0 Å². The monoisotopic (exact) mass is 430 g/mol. The average molecular weight is 430 g/mol. The van der Waals surface area contributed by atoms with Crippen LogP contribution in [-0.2, 0) is 17.8 Å². The predicted molar refractivity (Wildman–Crippen MR) is 123 cm³/mol. The van der Waals surface area contributed by atoms with Gasteiger partial charge in [0.25, 0.3) is 0 Å². The van der Waals surface area contributed by atoms with Gasteiger partial charge in [-0.2, -0.15) is 0 Å². The van der Waals surface area contributed by atoms with Crippen LogP contribution in [0.15, 0.2) is 67.0 Å². The number of pyridine rings is 1. The zero-order valence-corrected chi connectivity index (χ0v) is 17.6. The van der Waals surface area contributed by atoms with Crippen LogP contribution in [0.5, 0.6) is 0 Å². The highest BCUT2D eigenvalue weighted by molar-refractivity contribution is 6.00. The maximum absolute atomic E-state index is 13.3. The summed E-state index contributed by atoms with van der Waals surface area (Å²) in [5.41, 5.74) is 5.11. The lowest BCUT2D eigenvalue weighted by atomic mass is 9.97. The van der Waals surface area contributed by atoms with Gasteiger partial charge in [0.1, 0.15) is 5.82 Å². The minimum Gasteiger partial charge on any atom is -0.334 e. The number of nitrogens with one attached hydrogen (secondary N) is 2. The lowest BCUT2D eigenvalue weighted by Crippen LogP contribution is -2.35. The second-order valence-corrected chi connectivity index (χ2v) is 7.67. The summed E-state index contributed by atoms with van der Waals surface area (Å²) in [7, 11) is 0. The molecular formula is C25H23FN4O2. The molecule has 0 bridgehead atoms. The molecule has 0 unspecified atom stereocenters. The van der Waals surface area contributed by atoms with Gasteiger partial charge in [0.15, 0.2) is 0 Å². The van der Waals surface area contributed by atoms with Gasteiger partial charge in [-0.15, -0.1) is 0 Å². The molecule has 0 fully saturated rings. The number of halogens is 1. The number of hydrogen-bond acceptors (Lipinski definition) is 3. The summed E-state index contributed by atoms with van der Waals surface area (Å²) in [5, 5.41) is 5.75. The third-order valence-corrected chi connectivity index (χ3v) is 5.28. The number of carbonyl (C=O) groups excluding carboxylic acids is 2. The number of carbonyl (C=O) groups is 2. The van der Waals surface area contributed by atoms with Crippen molar-refractivity contribution in [2.75, 3.05) is 17.2 Å². The number of nitrogens with zero attached hydrogens (tertiary/aromatic N) is 2. The second-order valence-electron chi connectivity index (χ2n) is 7.67. The van der Waals surface area contributed by atoms with E-state index in [9.17, 15) is 14.0 Å². The van der Waals surface area contributed by atoms with E-state index >= 15 is 0 Å². The van der Waals surface area contributed by atoms with E-state index in [4.69, 9.17) is 0 Å². The molecule has 0 atom stereocenters. The zero-order valence-electron chi connectivity index (χ0n) is 17.6. The molecule has 1 aliphatic rings. The average Bonchev–Trinajstić information content (AvgIpc) is 2.79. The van der Waals surface area contributed by atoms with Crippen LogP contribution in [-0.4, -0.2) is 28.4 Å². The Morgan fingerprint density at radius 2 is 1.91 bits per heavy atom. The van der Waals surface area contributed by atoms with E-state index in [1.807, 2.05) is 49.4 Å². The first-order chi connectivity index (χ1) is 15.5. The molecule has 2 aromatic carbocycles. The van der Waals surface area contributed by atoms with Gasteiger partial charge in [0, 0.05) is 36.7 Å². The third-order valence-electron chi connectivity index (χ3n) is 5.28. The summed E-state index contributed by atoms with van der Waals surface area (Å²) in [4.78, 5) is 30.5. The molecule has 2 N–H and O–H groups in total. The first kappa shape index (κ1) is 21.2. The third kappa shape index (κ3) is 5.18. The Bertz CT molecular complexity index is 1170. The quantitative estimate of drug-likeness (QED) is 0.586. The summed E-state index contributed by atoms with van der Waals surface area (Å²) in [5.74, 6) is -0.603. The standard InChI is InChI=1S/C25H23FN4O2/c1-17-5-8-21(9-6-17)28-25(32)29-23-4-2-3-19-16-30(12-11-22(19)23)24(31)10-7-18-13-20(26)15-27-14-18/h2-10,13-15H,11-12,16H2,1H3,(H2,28,29,32)/b10-7+. The lowest BCUT2D eigenvalue weighted by Gasteiger charge is -2.29. The number of aryl methyl sites for hydroxylation is 1. The number of anilines is 2. The van der Waals surface area contributed by atoms with Crippen molar-refractivity contribution in [2.24, 2.45) is 0 Å². The largest absolute Gasteiger partial charge is 0.334 e. The van der Waals surface area contributed by atoms with Crippen LogP contribution < -0.4 is 10.6 Å². The lowest BCUT2D eigenvalue weighted by molar-refractivity contribution is -0.126. The van der Waals surface area contributed by atoms with Crippen LogP contribution in [0.3, 0.4) is 0 Å². The van der Waals surface area contributed by atoms with Crippen LogP contribution in [0.1, 0.15) is 22.3 Å². The molecule has 4 rings (SSSR count). The second kappa shape index (κ2) is 9.43. The van der Waals surface area contributed by atoms with Gasteiger partial charge in [-0.1, -0.05) is 29.8 Å². The smallest absolute Gasteiger partial charge is 0.323 e. The van der Waals surface area contributed by atoms with Crippen LogP contribution in [0.4, 0.5) is 20.6 Å².